The van der Waals surface area contributed by atoms with Gasteiger partial charge in [-0.15, -0.1) is 0 Å². The highest BCUT2D eigenvalue weighted by Gasteiger charge is 2.17. The highest BCUT2D eigenvalue weighted by atomic mass is 19.1. The summed E-state index contributed by atoms with van der Waals surface area (Å²) < 4.78 is 15.7. The monoisotopic (exact) mass is 434 g/mol. The Bertz CT molecular complexity index is 1230. The third kappa shape index (κ3) is 6.47. The molecule has 1 aliphatic rings. The summed E-state index contributed by atoms with van der Waals surface area (Å²) in [5, 5.41) is 0. The van der Waals surface area contributed by atoms with Gasteiger partial charge in [0.25, 0.3) is 0 Å². The van der Waals surface area contributed by atoms with Crippen molar-refractivity contribution in [3.63, 3.8) is 0 Å². The maximum atomic E-state index is 15.7. The number of hydrogen-bond donors (Lipinski definition) is 0. The number of hydrogen-bond acceptors (Lipinski definition) is 0. The Balaban J connectivity index is 0.00000149. The Hall–Kier alpha value is -3.55. The molecule has 0 bridgehead atoms. The Labute approximate surface area is 198 Å². The number of aryl methyl sites for hydroxylation is 2. The van der Waals surface area contributed by atoms with Gasteiger partial charge >= 0.3 is 0 Å². The number of rotatable bonds is 1. The van der Waals surface area contributed by atoms with Gasteiger partial charge in [-0.05, 0) is 81.5 Å². The summed E-state index contributed by atoms with van der Waals surface area (Å²) in [6, 6.07) is 19.7. The summed E-state index contributed by atoms with van der Waals surface area (Å²) in [6.07, 6.45) is 6.26. The molecule has 3 aromatic rings. The van der Waals surface area contributed by atoms with E-state index >= 15 is 4.39 Å². The average Bonchev–Trinajstić information content (AvgIpc) is 2.86. The fourth-order valence-electron chi connectivity index (χ4n) is 3.71. The van der Waals surface area contributed by atoms with Gasteiger partial charge in [0.15, 0.2) is 0 Å². The zero-order valence-corrected chi connectivity index (χ0v) is 20.1. The zero-order valence-electron chi connectivity index (χ0n) is 20.1. The lowest BCUT2D eigenvalue weighted by Gasteiger charge is -2.16. The molecule has 0 N–H and O–H groups in total. The Morgan fingerprint density at radius 3 is 1.67 bits per heavy atom. The molecule has 0 radical (unpaired) electrons. The van der Waals surface area contributed by atoms with E-state index in [1.165, 1.54) is 11.1 Å². The van der Waals surface area contributed by atoms with Crippen LogP contribution in [-0.4, -0.2) is 0 Å². The fourth-order valence-corrected chi connectivity index (χ4v) is 3.71. The van der Waals surface area contributed by atoms with Crippen LogP contribution >= 0.6 is 0 Å². The van der Waals surface area contributed by atoms with Crippen molar-refractivity contribution in [2.45, 2.75) is 53.4 Å². The molecule has 0 spiro atoms. The van der Waals surface area contributed by atoms with Crippen molar-refractivity contribution in [1.29, 1.82) is 0 Å². The van der Waals surface area contributed by atoms with Crippen LogP contribution in [0.15, 0.2) is 66.7 Å². The third-order valence-electron chi connectivity index (χ3n) is 5.54. The lowest BCUT2D eigenvalue weighted by Crippen LogP contribution is -2.01. The SMILES string of the molecule is CC.Cc1ccc(C#Cc2ccc(C#Cc3ccc(C)cc3)c(C3=CCCCC3)c2F)cc1. The average molecular weight is 435 g/mol. The van der Waals surface area contributed by atoms with Crippen molar-refractivity contribution in [3.8, 4) is 23.7 Å². The molecule has 3 aromatic carbocycles. The highest BCUT2D eigenvalue weighted by molar-refractivity contribution is 5.74. The topological polar surface area (TPSA) is 0 Å². The van der Waals surface area contributed by atoms with Crippen molar-refractivity contribution >= 4 is 5.57 Å². The molecule has 33 heavy (non-hydrogen) atoms. The van der Waals surface area contributed by atoms with Gasteiger partial charge in [0, 0.05) is 22.3 Å². The Morgan fingerprint density at radius 1 is 0.636 bits per heavy atom. The van der Waals surface area contributed by atoms with Gasteiger partial charge in [0.2, 0.25) is 0 Å². The molecule has 0 saturated heterocycles. The summed E-state index contributed by atoms with van der Waals surface area (Å²) in [6.45, 7) is 8.09. The van der Waals surface area contributed by atoms with Gasteiger partial charge in [-0.2, -0.15) is 0 Å². The van der Waals surface area contributed by atoms with Crippen molar-refractivity contribution in [1.82, 2.24) is 0 Å². The standard InChI is InChI=1S/C30H25F.C2H6/c1-22-8-12-24(13-9-22)16-18-27-20-21-28(19-17-25-14-10-23(2)11-15-25)30(31)29(27)26-6-4-3-5-7-26;1-2/h6,8-15,20-21H,3-5,7H2,1-2H3;1-2H3. The van der Waals surface area contributed by atoms with E-state index < -0.39 is 0 Å². The molecular weight excluding hydrogens is 403 g/mol. The Morgan fingerprint density at radius 2 is 1.15 bits per heavy atom. The van der Waals surface area contributed by atoms with Crippen LogP contribution in [0, 0.1) is 43.3 Å². The van der Waals surface area contributed by atoms with E-state index in [4.69, 9.17) is 0 Å². The summed E-state index contributed by atoms with van der Waals surface area (Å²) in [5.41, 5.74) is 7.01. The maximum Gasteiger partial charge on any atom is 0.147 e. The molecule has 0 unspecified atom stereocenters. The van der Waals surface area contributed by atoms with Gasteiger partial charge in [-0.25, -0.2) is 4.39 Å². The molecule has 4 rings (SSSR count). The summed E-state index contributed by atoms with van der Waals surface area (Å²) in [7, 11) is 0. The summed E-state index contributed by atoms with van der Waals surface area (Å²) >= 11 is 0. The van der Waals surface area contributed by atoms with E-state index in [-0.39, 0.29) is 5.82 Å². The molecule has 0 fully saturated rings. The Kier molecular flexibility index (Phi) is 8.69. The number of benzene rings is 3. The molecule has 0 atom stereocenters. The summed E-state index contributed by atoms with van der Waals surface area (Å²) in [4.78, 5) is 0. The zero-order chi connectivity index (χ0) is 23.6. The van der Waals surface area contributed by atoms with E-state index in [2.05, 4.69) is 36.7 Å². The normalized spacial score (nSPS) is 12.2. The minimum absolute atomic E-state index is 0.261. The first-order chi connectivity index (χ1) is 16.1. The summed E-state index contributed by atoms with van der Waals surface area (Å²) in [5.74, 6) is 12.3. The van der Waals surface area contributed by atoms with E-state index in [9.17, 15) is 0 Å². The first-order valence-corrected chi connectivity index (χ1v) is 11.8. The fraction of sp³-hybridized carbons (Fsp3) is 0.250. The second-order valence-electron chi connectivity index (χ2n) is 8.06. The van der Waals surface area contributed by atoms with Crippen LogP contribution in [-0.2, 0) is 0 Å². The molecule has 0 nitrogen and oxygen atoms in total. The third-order valence-corrected chi connectivity index (χ3v) is 5.54. The molecule has 166 valence electrons. The lowest BCUT2D eigenvalue weighted by atomic mass is 9.89. The second kappa shape index (κ2) is 11.9. The molecule has 0 saturated carbocycles. The predicted octanol–water partition coefficient (Wildman–Crippen LogP) is 8.23. The minimum Gasteiger partial charge on any atom is -0.205 e. The van der Waals surface area contributed by atoms with E-state index in [1.54, 1.807) is 6.07 Å². The molecular formula is C32H31F. The first kappa shape index (κ1) is 24.1. The van der Waals surface area contributed by atoms with Gasteiger partial charge in [-0.1, -0.05) is 79.0 Å². The maximum absolute atomic E-state index is 15.7. The highest BCUT2D eigenvalue weighted by Crippen LogP contribution is 2.32. The predicted molar refractivity (Wildman–Crippen MR) is 139 cm³/mol. The van der Waals surface area contributed by atoms with Crippen molar-refractivity contribution in [2.24, 2.45) is 0 Å². The molecule has 0 aromatic heterocycles. The number of allylic oxidation sites excluding steroid dienone is 2. The van der Waals surface area contributed by atoms with Crippen LogP contribution in [0.4, 0.5) is 4.39 Å². The molecule has 1 heteroatoms. The van der Waals surface area contributed by atoms with Gasteiger partial charge in [-0.3, -0.25) is 0 Å². The van der Waals surface area contributed by atoms with Gasteiger partial charge in [0.1, 0.15) is 5.82 Å². The van der Waals surface area contributed by atoms with Crippen LogP contribution in [0.1, 0.15) is 78.5 Å². The quantitative estimate of drug-likeness (QED) is 0.338. The van der Waals surface area contributed by atoms with E-state index in [1.807, 2.05) is 75.4 Å². The van der Waals surface area contributed by atoms with Crippen molar-refractivity contribution < 1.29 is 4.39 Å². The largest absolute Gasteiger partial charge is 0.205 e. The van der Waals surface area contributed by atoms with Crippen LogP contribution in [0.5, 0.6) is 0 Å². The first-order valence-electron chi connectivity index (χ1n) is 11.8. The van der Waals surface area contributed by atoms with Crippen LogP contribution in [0.2, 0.25) is 0 Å². The minimum atomic E-state index is -0.261. The second-order valence-corrected chi connectivity index (χ2v) is 8.06. The molecule has 0 heterocycles. The molecule has 0 amide bonds. The van der Waals surface area contributed by atoms with Crippen LogP contribution < -0.4 is 0 Å². The van der Waals surface area contributed by atoms with Gasteiger partial charge < -0.3 is 0 Å². The van der Waals surface area contributed by atoms with Crippen LogP contribution in [0.25, 0.3) is 5.57 Å². The lowest BCUT2D eigenvalue weighted by molar-refractivity contribution is 0.616. The van der Waals surface area contributed by atoms with Gasteiger partial charge in [0.05, 0.1) is 5.56 Å². The van der Waals surface area contributed by atoms with Crippen molar-refractivity contribution in [3.05, 3.63) is 112 Å². The molecule has 1 aliphatic carbocycles. The van der Waals surface area contributed by atoms with E-state index in [0.29, 0.717) is 11.1 Å². The smallest absolute Gasteiger partial charge is 0.147 e. The molecule has 0 aliphatic heterocycles. The van der Waals surface area contributed by atoms with Crippen LogP contribution in [0.3, 0.4) is 0 Å². The van der Waals surface area contributed by atoms with E-state index in [0.717, 1.165) is 47.9 Å². The van der Waals surface area contributed by atoms with Crippen molar-refractivity contribution in [2.75, 3.05) is 0 Å². The number of halogens is 1.